The molecule has 2 N–H and O–H groups in total. The minimum absolute atomic E-state index is 0.0353. The molecule has 1 amide bonds. The molecule has 110 valence electrons. The quantitative estimate of drug-likeness (QED) is 0.767. The summed E-state index contributed by atoms with van der Waals surface area (Å²) in [5.74, 6) is 0.216. The maximum Gasteiger partial charge on any atom is 0.279 e. The van der Waals surface area contributed by atoms with Crippen molar-refractivity contribution in [1.29, 1.82) is 0 Å². The molecule has 22 heavy (non-hydrogen) atoms. The number of carbonyl (C=O) groups is 1. The lowest BCUT2D eigenvalue weighted by Crippen LogP contribution is -2.13. The van der Waals surface area contributed by atoms with Crippen LogP contribution in [0, 0.1) is 0 Å². The average molecular weight is 315 g/mol. The summed E-state index contributed by atoms with van der Waals surface area (Å²) in [6.07, 6.45) is 2.73. The zero-order valence-electron chi connectivity index (χ0n) is 11.3. The highest BCUT2D eigenvalue weighted by Gasteiger charge is 2.15. The van der Waals surface area contributed by atoms with E-state index in [-0.39, 0.29) is 10.7 Å². The van der Waals surface area contributed by atoms with Gasteiger partial charge in [0, 0.05) is 5.69 Å². The van der Waals surface area contributed by atoms with Gasteiger partial charge in [0.25, 0.3) is 5.91 Å². The standard InChI is InChI=1S/C15H11ClN4O2/c16-12-9-22-20-14(12)15(21)19-11-6-7-13(17-8-11)18-10-4-2-1-3-5-10/h1-9H,(H,17,18)(H,19,21). The molecule has 3 aromatic rings. The van der Waals surface area contributed by atoms with Gasteiger partial charge in [0.2, 0.25) is 0 Å². The van der Waals surface area contributed by atoms with Crippen molar-refractivity contribution in [2.45, 2.75) is 0 Å². The van der Waals surface area contributed by atoms with Gasteiger partial charge in [-0.3, -0.25) is 4.79 Å². The number of carbonyl (C=O) groups excluding carboxylic acids is 1. The Hall–Kier alpha value is -2.86. The molecular formula is C15H11ClN4O2. The molecule has 0 aliphatic carbocycles. The van der Waals surface area contributed by atoms with E-state index in [9.17, 15) is 4.79 Å². The predicted octanol–water partition coefficient (Wildman–Crippen LogP) is 3.72. The molecule has 2 heterocycles. The van der Waals surface area contributed by atoms with Crippen LogP contribution in [0.3, 0.4) is 0 Å². The SMILES string of the molecule is O=C(Nc1ccc(Nc2ccccc2)nc1)c1nocc1Cl. The van der Waals surface area contributed by atoms with Crippen LogP contribution >= 0.6 is 11.6 Å². The maximum absolute atomic E-state index is 11.9. The molecule has 0 unspecified atom stereocenters. The van der Waals surface area contributed by atoms with Crippen molar-refractivity contribution in [2.75, 3.05) is 10.6 Å². The van der Waals surface area contributed by atoms with E-state index < -0.39 is 5.91 Å². The summed E-state index contributed by atoms with van der Waals surface area (Å²) in [5.41, 5.74) is 1.50. The number of amides is 1. The van der Waals surface area contributed by atoms with Crippen LogP contribution < -0.4 is 10.6 Å². The number of nitrogens with zero attached hydrogens (tertiary/aromatic N) is 2. The molecule has 0 saturated heterocycles. The Morgan fingerprint density at radius 3 is 2.55 bits per heavy atom. The highest BCUT2D eigenvalue weighted by Crippen LogP contribution is 2.18. The lowest BCUT2D eigenvalue weighted by molar-refractivity contribution is 0.101. The normalized spacial score (nSPS) is 10.2. The third-order valence-electron chi connectivity index (χ3n) is 2.81. The molecule has 0 aliphatic heterocycles. The van der Waals surface area contributed by atoms with Gasteiger partial charge in [-0.15, -0.1) is 0 Å². The summed E-state index contributed by atoms with van der Waals surface area (Å²) in [4.78, 5) is 16.1. The second kappa shape index (κ2) is 6.28. The fourth-order valence-corrected chi connectivity index (χ4v) is 1.94. The van der Waals surface area contributed by atoms with E-state index in [2.05, 4.69) is 25.3 Å². The summed E-state index contributed by atoms with van der Waals surface area (Å²) in [6, 6.07) is 13.1. The number of aromatic nitrogens is 2. The summed E-state index contributed by atoms with van der Waals surface area (Å²) in [5, 5.41) is 9.48. The molecule has 0 bridgehead atoms. The lowest BCUT2D eigenvalue weighted by Gasteiger charge is -2.07. The van der Waals surface area contributed by atoms with Crippen molar-refractivity contribution >= 4 is 34.7 Å². The van der Waals surface area contributed by atoms with E-state index in [1.165, 1.54) is 12.5 Å². The van der Waals surface area contributed by atoms with Crippen LogP contribution in [0.5, 0.6) is 0 Å². The van der Waals surface area contributed by atoms with Gasteiger partial charge in [0.15, 0.2) is 5.69 Å². The van der Waals surface area contributed by atoms with Crippen LogP contribution in [0.2, 0.25) is 5.02 Å². The van der Waals surface area contributed by atoms with Gasteiger partial charge in [-0.05, 0) is 24.3 Å². The monoisotopic (exact) mass is 314 g/mol. The number of pyridine rings is 1. The van der Waals surface area contributed by atoms with E-state index in [1.807, 2.05) is 30.3 Å². The third-order valence-corrected chi connectivity index (χ3v) is 3.08. The molecule has 7 heteroatoms. The Balaban J connectivity index is 1.67. The molecular weight excluding hydrogens is 304 g/mol. The Labute approximate surface area is 131 Å². The van der Waals surface area contributed by atoms with Crippen molar-refractivity contribution < 1.29 is 9.32 Å². The van der Waals surface area contributed by atoms with Gasteiger partial charge < -0.3 is 15.2 Å². The third kappa shape index (κ3) is 3.24. The van der Waals surface area contributed by atoms with Crippen LogP contribution in [0.25, 0.3) is 0 Å². The van der Waals surface area contributed by atoms with Gasteiger partial charge in [0.1, 0.15) is 17.1 Å². The second-order valence-electron chi connectivity index (χ2n) is 4.39. The Morgan fingerprint density at radius 2 is 1.91 bits per heavy atom. The van der Waals surface area contributed by atoms with Crippen molar-refractivity contribution in [3.63, 3.8) is 0 Å². The van der Waals surface area contributed by atoms with E-state index in [4.69, 9.17) is 11.6 Å². The van der Waals surface area contributed by atoms with Crippen LogP contribution in [-0.4, -0.2) is 16.0 Å². The first-order chi connectivity index (χ1) is 10.7. The van der Waals surface area contributed by atoms with Crippen LogP contribution in [0.15, 0.2) is 59.4 Å². The molecule has 0 saturated carbocycles. The number of anilines is 3. The summed E-state index contributed by atoms with van der Waals surface area (Å²) in [6.45, 7) is 0. The van der Waals surface area contributed by atoms with Gasteiger partial charge in [-0.25, -0.2) is 4.98 Å². The second-order valence-corrected chi connectivity index (χ2v) is 4.80. The highest BCUT2D eigenvalue weighted by atomic mass is 35.5. The minimum Gasteiger partial charge on any atom is -0.362 e. The topological polar surface area (TPSA) is 80.0 Å². The molecule has 0 atom stereocenters. The van der Waals surface area contributed by atoms with Gasteiger partial charge >= 0.3 is 0 Å². The van der Waals surface area contributed by atoms with E-state index >= 15 is 0 Å². The van der Waals surface area contributed by atoms with Gasteiger partial charge in [-0.2, -0.15) is 0 Å². The highest BCUT2D eigenvalue weighted by molar-refractivity contribution is 6.33. The van der Waals surface area contributed by atoms with Crippen molar-refractivity contribution in [2.24, 2.45) is 0 Å². The fraction of sp³-hybridized carbons (Fsp3) is 0. The predicted molar refractivity (Wildman–Crippen MR) is 83.4 cm³/mol. The van der Waals surface area contributed by atoms with Gasteiger partial charge in [0.05, 0.1) is 11.9 Å². The molecule has 0 aliphatic rings. The van der Waals surface area contributed by atoms with Gasteiger partial charge in [-0.1, -0.05) is 35.0 Å². The number of benzene rings is 1. The van der Waals surface area contributed by atoms with E-state index in [0.29, 0.717) is 11.5 Å². The van der Waals surface area contributed by atoms with Crippen molar-refractivity contribution in [1.82, 2.24) is 10.1 Å². The first-order valence-electron chi connectivity index (χ1n) is 6.42. The van der Waals surface area contributed by atoms with Crippen LogP contribution in [0.1, 0.15) is 10.5 Å². The molecule has 3 rings (SSSR count). The van der Waals surface area contributed by atoms with E-state index in [1.54, 1.807) is 12.1 Å². The largest absolute Gasteiger partial charge is 0.362 e. The zero-order valence-corrected chi connectivity index (χ0v) is 12.0. The van der Waals surface area contributed by atoms with Crippen molar-refractivity contribution in [3.8, 4) is 0 Å². The Morgan fingerprint density at radius 1 is 1.09 bits per heavy atom. The first-order valence-corrected chi connectivity index (χ1v) is 6.79. The first kappa shape index (κ1) is 14.1. The number of rotatable bonds is 4. The number of halogens is 1. The molecule has 6 nitrogen and oxygen atoms in total. The van der Waals surface area contributed by atoms with Crippen molar-refractivity contribution in [3.05, 3.63) is 65.6 Å². The Kier molecular flexibility index (Phi) is 4.02. The smallest absolute Gasteiger partial charge is 0.279 e. The molecule has 0 spiro atoms. The molecule has 2 aromatic heterocycles. The number of para-hydroxylation sites is 1. The number of hydrogen-bond donors (Lipinski definition) is 2. The Bertz CT molecular complexity index is 772. The molecule has 0 fully saturated rings. The van der Waals surface area contributed by atoms with E-state index in [0.717, 1.165) is 5.69 Å². The summed E-state index contributed by atoms with van der Waals surface area (Å²) in [7, 11) is 0. The molecule has 0 radical (unpaired) electrons. The lowest BCUT2D eigenvalue weighted by atomic mass is 10.3. The fourth-order valence-electron chi connectivity index (χ4n) is 1.78. The van der Waals surface area contributed by atoms with Crippen LogP contribution in [-0.2, 0) is 0 Å². The maximum atomic E-state index is 11.9. The summed E-state index contributed by atoms with van der Waals surface area (Å²) >= 11 is 5.77. The number of hydrogen-bond acceptors (Lipinski definition) is 5. The van der Waals surface area contributed by atoms with Crippen LogP contribution in [0.4, 0.5) is 17.2 Å². The zero-order chi connectivity index (χ0) is 15.4. The number of nitrogens with one attached hydrogen (secondary N) is 2. The molecule has 1 aromatic carbocycles. The summed E-state index contributed by atoms with van der Waals surface area (Å²) < 4.78 is 4.62. The minimum atomic E-state index is -0.454. The average Bonchev–Trinajstić information content (AvgIpc) is 2.96.